The van der Waals surface area contributed by atoms with E-state index in [-0.39, 0.29) is 6.10 Å². The maximum Gasteiger partial charge on any atom is 0.306 e. The van der Waals surface area contributed by atoms with Crippen LogP contribution in [-0.4, -0.2) is 24.3 Å². The van der Waals surface area contributed by atoms with E-state index in [2.05, 4.69) is 15.9 Å². The summed E-state index contributed by atoms with van der Waals surface area (Å²) in [6.07, 6.45) is 1.39. The zero-order valence-electron chi connectivity index (χ0n) is 11.2. The summed E-state index contributed by atoms with van der Waals surface area (Å²) in [4.78, 5) is 11.0. The third kappa shape index (κ3) is 2.71. The van der Waals surface area contributed by atoms with E-state index in [0.29, 0.717) is 12.2 Å². The standard InChI is InChI=1S/C14H17BrO4/c1-7(14(16)17)4-9-6-11(18-3)13-10(12(9)15)5-8(2)19-13/h6-8H,4-5H2,1-3H3,(H,16,17). The number of benzene rings is 1. The van der Waals surface area contributed by atoms with Crippen molar-refractivity contribution in [3.8, 4) is 11.5 Å². The van der Waals surface area contributed by atoms with Crippen LogP contribution >= 0.6 is 15.9 Å². The number of halogens is 1. The van der Waals surface area contributed by atoms with Crippen LogP contribution in [0.3, 0.4) is 0 Å². The Hall–Kier alpha value is -1.23. The lowest BCUT2D eigenvalue weighted by atomic mass is 9.98. The normalized spacial score (nSPS) is 18.6. The Labute approximate surface area is 120 Å². The van der Waals surface area contributed by atoms with Gasteiger partial charge in [-0.05, 0) is 25.0 Å². The Morgan fingerprint density at radius 1 is 1.68 bits per heavy atom. The molecule has 19 heavy (non-hydrogen) atoms. The van der Waals surface area contributed by atoms with Crippen LogP contribution in [0.15, 0.2) is 10.5 Å². The average molecular weight is 329 g/mol. The van der Waals surface area contributed by atoms with Gasteiger partial charge in [-0.15, -0.1) is 0 Å². The Bertz CT molecular complexity index is 513. The Kier molecular flexibility index (Phi) is 4.04. The van der Waals surface area contributed by atoms with Crippen LogP contribution in [0, 0.1) is 5.92 Å². The number of rotatable bonds is 4. The molecular weight excluding hydrogens is 312 g/mol. The molecule has 4 nitrogen and oxygen atoms in total. The Morgan fingerprint density at radius 3 is 2.95 bits per heavy atom. The lowest BCUT2D eigenvalue weighted by molar-refractivity contribution is -0.141. The molecule has 5 heteroatoms. The maximum absolute atomic E-state index is 11.0. The summed E-state index contributed by atoms with van der Waals surface area (Å²) in [5.41, 5.74) is 2.02. The van der Waals surface area contributed by atoms with Gasteiger partial charge in [-0.1, -0.05) is 22.9 Å². The van der Waals surface area contributed by atoms with Gasteiger partial charge in [0.1, 0.15) is 6.10 Å². The van der Waals surface area contributed by atoms with Crippen LogP contribution in [0.4, 0.5) is 0 Å². The Balaban J connectivity index is 2.41. The van der Waals surface area contributed by atoms with E-state index in [0.717, 1.165) is 27.8 Å². The number of methoxy groups -OCH3 is 1. The van der Waals surface area contributed by atoms with E-state index >= 15 is 0 Å². The zero-order chi connectivity index (χ0) is 14.2. The molecule has 0 amide bonds. The molecule has 1 aliphatic rings. The van der Waals surface area contributed by atoms with E-state index in [1.165, 1.54) is 0 Å². The SMILES string of the molecule is COc1cc(CC(C)C(=O)O)c(Br)c2c1OC(C)C2. The van der Waals surface area contributed by atoms with Crippen molar-refractivity contribution in [3.05, 3.63) is 21.7 Å². The molecular formula is C14H17BrO4. The van der Waals surface area contributed by atoms with E-state index in [1.807, 2.05) is 13.0 Å². The molecule has 0 saturated heterocycles. The molecule has 0 saturated carbocycles. The minimum atomic E-state index is -0.795. The minimum absolute atomic E-state index is 0.118. The van der Waals surface area contributed by atoms with E-state index in [9.17, 15) is 4.79 Å². The largest absolute Gasteiger partial charge is 0.493 e. The van der Waals surface area contributed by atoms with Gasteiger partial charge in [0.25, 0.3) is 0 Å². The predicted molar refractivity (Wildman–Crippen MR) is 75.0 cm³/mol. The van der Waals surface area contributed by atoms with Gasteiger partial charge >= 0.3 is 5.97 Å². The monoisotopic (exact) mass is 328 g/mol. The van der Waals surface area contributed by atoms with Crippen molar-refractivity contribution in [3.63, 3.8) is 0 Å². The molecule has 2 rings (SSSR count). The first-order valence-electron chi connectivity index (χ1n) is 6.21. The molecule has 1 aromatic rings. The number of carboxylic acid groups (broad SMARTS) is 1. The number of carbonyl (C=O) groups is 1. The third-order valence-electron chi connectivity index (χ3n) is 3.33. The van der Waals surface area contributed by atoms with Crippen LogP contribution in [-0.2, 0) is 17.6 Å². The van der Waals surface area contributed by atoms with Crippen LogP contribution in [0.5, 0.6) is 11.5 Å². The summed E-state index contributed by atoms with van der Waals surface area (Å²) < 4.78 is 12.0. The highest BCUT2D eigenvalue weighted by Gasteiger charge is 2.28. The minimum Gasteiger partial charge on any atom is -0.493 e. The van der Waals surface area contributed by atoms with Gasteiger partial charge in [0.2, 0.25) is 0 Å². The van der Waals surface area contributed by atoms with Crippen LogP contribution in [0.1, 0.15) is 25.0 Å². The van der Waals surface area contributed by atoms with Gasteiger partial charge in [-0.3, -0.25) is 4.79 Å². The van der Waals surface area contributed by atoms with Crippen LogP contribution in [0.25, 0.3) is 0 Å². The number of fused-ring (bicyclic) bond motifs is 1. The Morgan fingerprint density at radius 2 is 2.37 bits per heavy atom. The highest BCUT2D eigenvalue weighted by Crippen LogP contribution is 2.44. The molecule has 1 aromatic carbocycles. The number of carboxylic acids is 1. The van der Waals surface area contributed by atoms with E-state index in [4.69, 9.17) is 14.6 Å². The number of hydrogen-bond acceptors (Lipinski definition) is 3. The van der Waals surface area contributed by atoms with Crippen LogP contribution in [0.2, 0.25) is 0 Å². The van der Waals surface area contributed by atoms with E-state index < -0.39 is 11.9 Å². The molecule has 0 fully saturated rings. The molecule has 2 unspecified atom stereocenters. The molecule has 0 spiro atoms. The molecule has 0 bridgehead atoms. The van der Waals surface area contributed by atoms with Crippen LogP contribution < -0.4 is 9.47 Å². The topological polar surface area (TPSA) is 55.8 Å². The van der Waals surface area contributed by atoms with Crippen molar-refractivity contribution in [2.24, 2.45) is 5.92 Å². The van der Waals surface area contributed by atoms with Gasteiger partial charge in [-0.25, -0.2) is 0 Å². The van der Waals surface area contributed by atoms with Crippen molar-refractivity contribution in [1.82, 2.24) is 0 Å². The summed E-state index contributed by atoms with van der Waals surface area (Å²) in [5, 5.41) is 9.02. The first-order chi connectivity index (χ1) is 8.93. The fraction of sp³-hybridized carbons (Fsp3) is 0.500. The molecule has 104 valence electrons. The highest BCUT2D eigenvalue weighted by atomic mass is 79.9. The van der Waals surface area contributed by atoms with Crippen molar-refractivity contribution in [2.45, 2.75) is 32.8 Å². The van der Waals surface area contributed by atoms with Crippen molar-refractivity contribution >= 4 is 21.9 Å². The maximum atomic E-state index is 11.0. The first-order valence-corrected chi connectivity index (χ1v) is 7.01. The van der Waals surface area contributed by atoms with Gasteiger partial charge < -0.3 is 14.6 Å². The fourth-order valence-electron chi connectivity index (χ4n) is 2.29. The molecule has 1 N–H and O–H groups in total. The van der Waals surface area contributed by atoms with Crippen molar-refractivity contribution < 1.29 is 19.4 Å². The molecule has 1 heterocycles. The zero-order valence-corrected chi connectivity index (χ0v) is 12.8. The lowest BCUT2D eigenvalue weighted by Crippen LogP contribution is -2.13. The lowest BCUT2D eigenvalue weighted by Gasteiger charge is -2.14. The van der Waals surface area contributed by atoms with Gasteiger partial charge in [0.15, 0.2) is 11.5 Å². The number of ether oxygens (including phenoxy) is 2. The quantitative estimate of drug-likeness (QED) is 0.922. The second kappa shape index (κ2) is 5.41. The number of aliphatic carboxylic acids is 1. The summed E-state index contributed by atoms with van der Waals surface area (Å²) in [7, 11) is 1.60. The first kappa shape index (κ1) is 14.2. The summed E-state index contributed by atoms with van der Waals surface area (Å²) >= 11 is 3.57. The second-order valence-electron chi connectivity index (χ2n) is 4.94. The molecule has 0 aliphatic carbocycles. The predicted octanol–water partition coefficient (Wildman–Crippen LogP) is 3.04. The smallest absolute Gasteiger partial charge is 0.306 e. The van der Waals surface area contributed by atoms with Gasteiger partial charge in [-0.2, -0.15) is 0 Å². The summed E-state index contributed by atoms with van der Waals surface area (Å²) in [6, 6.07) is 1.86. The molecule has 0 radical (unpaired) electrons. The van der Waals surface area contributed by atoms with Crippen molar-refractivity contribution in [1.29, 1.82) is 0 Å². The second-order valence-corrected chi connectivity index (χ2v) is 5.73. The number of hydrogen-bond donors (Lipinski definition) is 1. The average Bonchev–Trinajstić information content (AvgIpc) is 2.74. The summed E-state index contributed by atoms with van der Waals surface area (Å²) in [5.74, 6) is 0.221. The van der Waals surface area contributed by atoms with Gasteiger partial charge in [0.05, 0.1) is 13.0 Å². The molecule has 1 aliphatic heterocycles. The van der Waals surface area contributed by atoms with E-state index in [1.54, 1.807) is 14.0 Å². The molecule has 2 atom stereocenters. The summed E-state index contributed by atoms with van der Waals surface area (Å²) in [6.45, 7) is 3.71. The fourth-order valence-corrected chi connectivity index (χ4v) is 2.91. The third-order valence-corrected chi connectivity index (χ3v) is 4.32. The van der Waals surface area contributed by atoms with Gasteiger partial charge in [0, 0.05) is 16.5 Å². The molecule has 0 aromatic heterocycles. The highest BCUT2D eigenvalue weighted by molar-refractivity contribution is 9.10. The van der Waals surface area contributed by atoms with Crippen molar-refractivity contribution in [2.75, 3.05) is 7.11 Å².